The van der Waals surface area contributed by atoms with E-state index in [9.17, 15) is 9.59 Å². The molecule has 6 nitrogen and oxygen atoms in total. The van der Waals surface area contributed by atoms with E-state index in [0.717, 1.165) is 41.9 Å². The number of carbonyl (C=O) groups is 2. The van der Waals surface area contributed by atoms with E-state index in [0.29, 0.717) is 19.0 Å². The van der Waals surface area contributed by atoms with Gasteiger partial charge in [0.25, 0.3) is 0 Å². The number of nitrogens with one attached hydrogen (secondary N) is 1. The fourth-order valence-electron chi connectivity index (χ4n) is 4.41. The van der Waals surface area contributed by atoms with E-state index < -0.39 is 0 Å². The lowest BCUT2D eigenvalue weighted by Crippen LogP contribution is -2.45. The number of amides is 2. The highest BCUT2D eigenvalue weighted by atomic mass is 16.2. The van der Waals surface area contributed by atoms with Crippen molar-refractivity contribution >= 4 is 17.9 Å². The summed E-state index contributed by atoms with van der Waals surface area (Å²) in [6.07, 6.45) is 9.52. The van der Waals surface area contributed by atoms with Gasteiger partial charge < -0.3 is 10.2 Å². The molecule has 2 heterocycles. The molecule has 0 radical (unpaired) electrons. The number of carbonyl (C=O) groups excluding carboxylic acids is 2. The van der Waals surface area contributed by atoms with E-state index in [1.807, 2.05) is 77.6 Å². The normalized spacial score (nSPS) is 18.2. The van der Waals surface area contributed by atoms with Crippen molar-refractivity contribution in [1.29, 1.82) is 0 Å². The number of hydrogen-bond acceptors (Lipinski definition) is 3. The fourth-order valence-corrected chi connectivity index (χ4v) is 4.41. The van der Waals surface area contributed by atoms with Crippen LogP contribution in [0.5, 0.6) is 0 Å². The van der Waals surface area contributed by atoms with Crippen molar-refractivity contribution in [1.82, 2.24) is 20.0 Å². The lowest BCUT2D eigenvalue weighted by Gasteiger charge is -2.31. The van der Waals surface area contributed by atoms with Gasteiger partial charge in [-0.15, -0.1) is 0 Å². The maximum absolute atomic E-state index is 13.0. The van der Waals surface area contributed by atoms with Gasteiger partial charge in [-0.3, -0.25) is 9.59 Å². The average molecular weight is 455 g/mol. The molecule has 174 valence electrons. The van der Waals surface area contributed by atoms with E-state index in [1.165, 1.54) is 12.8 Å². The molecule has 1 aliphatic carbocycles. The van der Waals surface area contributed by atoms with Crippen molar-refractivity contribution in [2.45, 2.75) is 25.7 Å². The van der Waals surface area contributed by atoms with Gasteiger partial charge in [-0.05, 0) is 49.8 Å². The maximum atomic E-state index is 13.0. The van der Waals surface area contributed by atoms with Crippen LogP contribution in [0.2, 0.25) is 0 Å². The number of aromatic nitrogens is 2. The molecular weight excluding hydrogens is 424 g/mol. The highest BCUT2D eigenvalue weighted by Crippen LogP contribution is 2.28. The first-order valence-corrected chi connectivity index (χ1v) is 12.1. The van der Waals surface area contributed by atoms with Crippen LogP contribution in [0.4, 0.5) is 0 Å². The molecule has 1 N–H and O–H groups in total. The Morgan fingerprint density at radius 2 is 1.74 bits per heavy atom. The molecule has 1 aromatic heterocycles. The van der Waals surface area contributed by atoms with Gasteiger partial charge in [0, 0.05) is 43.0 Å². The molecule has 1 saturated carbocycles. The van der Waals surface area contributed by atoms with Crippen molar-refractivity contribution < 1.29 is 9.59 Å². The number of likely N-dealkylation sites (tertiary alicyclic amines) is 1. The highest BCUT2D eigenvalue weighted by Gasteiger charge is 2.29. The van der Waals surface area contributed by atoms with Gasteiger partial charge >= 0.3 is 0 Å². The first-order valence-electron chi connectivity index (χ1n) is 12.1. The lowest BCUT2D eigenvalue weighted by molar-refractivity contribution is -0.132. The largest absolute Gasteiger partial charge is 0.356 e. The van der Waals surface area contributed by atoms with Gasteiger partial charge in [-0.25, -0.2) is 4.68 Å². The van der Waals surface area contributed by atoms with E-state index in [-0.39, 0.29) is 17.7 Å². The van der Waals surface area contributed by atoms with Crippen molar-refractivity contribution in [3.05, 3.63) is 78.5 Å². The minimum Gasteiger partial charge on any atom is -0.356 e. The molecule has 6 heteroatoms. The van der Waals surface area contributed by atoms with Gasteiger partial charge in [-0.1, -0.05) is 48.5 Å². The monoisotopic (exact) mass is 454 g/mol. The highest BCUT2D eigenvalue weighted by molar-refractivity contribution is 5.93. The Morgan fingerprint density at radius 1 is 1.00 bits per heavy atom. The molecule has 1 saturated heterocycles. The number of rotatable bonds is 7. The first kappa shape index (κ1) is 22.1. The molecule has 2 fully saturated rings. The molecule has 2 aromatic carbocycles. The van der Waals surface area contributed by atoms with Crippen molar-refractivity contribution in [2.75, 3.05) is 19.6 Å². The Kier molecular flexibility index (Phi) is 6.56. The number of para-hydroxylation sites is 1. The zero-order valence-electron chi connectivity index (χ0n) is 19.3. The first-order chi connectivity index (χ1) is 16.7. The molecule has 0 bridgehead atoms. The van der Waals surface area contributed by atoms with Crippen LogP contribution in [0.15, 0.2) is 72.9 Å². The van der Waals surface area contributed by atoms with Crippen LogP contribution in [-0.4, -0.2) is 46.1 Å². The molecule has 5 rings (SSSR count). The van der Waals surface area contributed by atoms with Crippen LogP contribution in [0.3, 0.4) is 0 Å². The molecule has 2 aliphatic rings. The second-order valence-corrected chi connectivity index (χ2v) is 9.22. The zero-order valence-corrected chi connectivity index (χ0v) is 19.3. The van der Waals surface area contributed by atoms with Gasteiger partial charge in [0.05, 0.1) is 17.3 Å². The third-order valence-electron chi connectivity index (χ3n) is 6.58. The quantitative estimate of drug-likeness (QED) is 0.541. The Labute approximate surface area is 200 Å². The summed E-state index contributed by atoms with van der Waals surface area (Å²) in [6, 6.07) is 19.9. The summed E-state index contributed by atoms with van der Waals surface area (Å²) in [6.45, 7) is 1.94. The smallest absolute Gasteiger partial charge is 0.246 e. The molecule has 34 heavy (non-hydrogen) atoms. The maximum Gasteiger partial charge on any atom is 0.246 e. The predicted molar refractivity (Wildman–Crippen MR) is 133 cm³/mol. The Balaban J connectivity index is 1.32. The van der Waals surface area contributed by atoms with Gasteiger partial charge in [0.15, 0.2) is 0 Å². The van der Waals surface area contributed by atoms with Crippen molar-refractivity contribution in [3.8, 4) is 16.9 Å². The summed E-state index contributed by atoms with van der Waals surface area (Å²) in [7, 11) is 0. The fraction of sp³-hybridized carbons (Fsp3) is 0.321. The third kappa shape index (κ3) is 5.28. The van der Waals surface area contributed by atoms with Crippen LogP contribution in [0.25, 0.3) is 23.0 Å². The van der Waals surface area contributed by atoms with Crippen LogP contribution < -0.4 is 5.32 Å². The second-order valence-electron chi connectivity index (χ2n) is 9.22. The van der Waals surface area contributed by atoms with Crippen molar-refractivity contribution in [3.63, 3.8) is 0 Å². The van der Waals surface area contributed by atoms with Crippen molar-refractivity contribution in [2.24, 2.45) is 11.8 Å². The Morgan fingerprint density at radius 3 is 2.47 bits per heavy atom. The van der Waals surface area contributed by atoms with E-state index in [1.54, 1.807) is 11.0 Å². The number of piperidine rings is 1. The van der Waals surface area contributed by atoms with Crippen LogP contribution in [-0.2, 0) is 9.59 Å². The second kappa shape index (κ2) is 10.1. The third-order valence-corrected chi connectivity index (χ3v) is 6.58. The molecule has 1 unspecified atom stereocenters. The van der Waals surface area contributed by atoms with Crippen LogP contribution in [0.1, 0.15) is 31.2 Å². The van der Waals surface area contributed by atoms with Gasteiger partial charge in [-0.2, -0.15) is 5.10 Å². The summed E-state index contributed by atoms with van der Waals surface area (Å²) in [4.78, 5) is 27.4. The van der Waals surface area contributed by atoms with E-state index in [2.05, 4.69) is 5.32 Å². The predicted octanol–water partition coefficient (Wildman–Crippen LogP) is 4.32. The van der Waals surface area contributed by atoms with Gasteiger partial charge in [0.1, 0.15) is 0 Å². The average Bonchev–Trinajstić information content (AvgIpc) is 3.63. The van der Waals surface area contributed by atoms with Crippen LogP contribution >= 0.6 is 0 Å². The summed E-state index contributed by atoms with van der Waals surface area (Å²) in [5, 5.41) is 7.87. The summed E-state index contributed by atoms with van der Waals surface area (Å²) >= 11 is 0. The number of nitrogens with zero attached hydrogens (tertiary/aromatic N) is 3. The SMILES string of the molecule is O=C(NCC1CC1)C1CCCN(C(=O)/C=C/c2cn(-c3ccccc3)nc2-c2ccccc2)C1. The molecular formula is C28H30N4O2. The molecule has 1 aliphatic heterocycles. The van der Waals surface area contributed by atoms with Crippen LogP contribution in [0, 0.1) is 11.8 Å². The minimum absolute atomic E-state index is 0.0637. The summed E-state index contributed by atoms with van der Waals surface area (Å²) in [5.74, 6) is 0.560. The standard InChI is InChI=1S/C28H30N4O2/c33-26(31-17-7-10-24(19-31)28(34)29-18-21-13-14-21)16-15-23-20-32(25-11-5-2-6-12-25)30-27(23)22-8-3-1-4-9-22/h1-6,8-9,11-12,15-16,20-21,24H,7,10,13-14,17-19H2,(H,29,34)/b16-15+. The number of benzene rings is 2. The molecule has 1 atom stereocenters. The van der Waals surface area contributed by atoms with Gasteiger partial charge in [0.2, 0.25) is 11.8 Å². The number of hydrogen-bond donors (Lipinski definition) is 1. The summed E-state index contributed by atoms with van der Waals surface area (Å²) < 4.78 is 1.84. The van der Waals surface area contributed by atoms with E-state index >= 15 is 0 Å². The Bertz CT molecular complexity index is 1170. The molecule has 0 spiro atoms. The molecule has 2 amide bonds. The lowest BCUT2D eigenvalue weighted by atomic mass is 9.97. The Hall–Kier alpha value is -3.67. The summed E-state index contributed by atoms with van der Waals surface area (Å²) in [5.41, 5.74) is 3.65. The molecule has 3 aromatic rings. The minimum atomic E-state index is -0.120. The topological polar surface area (TPSA) is 67.2 Å². The zero-order chi connectivity index (χ0) is 23.3. The van der Waals surface area contributed by atoms with E-state index in [4.69, 9.17) is 5.10 Å².